The predicted molar refractivity (Wildman–Crippen MR) is 82.1 cm³/mol. The molecule has 1 aromatic carbocycles. The Bertz CT molecular complexity index is 482. The third-order valence-corrected chi connectivity index (χ3v) is 4.40. The van der Waals surface area contributed by atoms with E-state index < -0.39 is 0 Å². The van der Waals surface area contributed by atoms with E-state index in [1.165, 1.54) is 18.5 Å². The summed E-state index contributed by atoms with van der Waals surface area (Å²) in [5.74, 6) is 0.505. The monoisotopic (exact) mass is 273 g/mol. The largest absolute Gasteiger partial charge is 0.371 e. The Morgan fingerprint density at radius 1 is 1.35 bits per heavy atom. The number of nitrogens with one attached hydrogen (secondary N) is 2. The molecule has 1 aromatic rings. The van der Waals surface area contributed by atoms with Crippen LogP contribution in [0, 0.1) is 5.92 Å². The Balaban J connectivity index is 1.67. The van der Waals surface area contributed by atoms with Gasteiger partial charge in [-0.25, -0.2) is 0 Å². The fourth-order valence-corrected chi connectivity index (χ4v) is 3.16. The van der Waals surface area contributed by atoms with Crippen molar-refractivity contribution in [2.24, 2.45) is 5.92 Å². The van der Waals surface area contributed by atoms with Crippen molar-refractivity contribution < 1.29 is 4.79 Å². The van der Waals surface area contributed by atoms with Gasteiger partial charge < -0.3 is 15.5 Å². The molecule has 2 saturated heterocycles. The summed E-state index contributed by atoms with van der Waals surface area (Å²) >= 11 is 0. The van der Waals surface area contributed by atoms with Gasteiger partial charge in [-0.3, -0.25) is 4.79 Å². The average Bonchev–Trinajstić information content (AvgIpc) is 3.09. The first-order valence-electron chi connectivity index (χ1n) is 7.63. The fraction of sp³-hybridized carbons (Fsp3) is 0.562. The van der Waals surface area contributed by atoms with Crippen molar-refractivity contribution in [1.82, 2.24) is 5.32 Å². The van der Waals surface area contributed by atoms with E-state index >= 15 is 0 Å². The molecule has 2 heterocycles. The van der Waals surface area contributed by atoms with Crippen molar-refractivity contribution in [3.05, 3.63) is 24.3 Å². The number of benzene rings is 1. The molecule has 20 heavy (non-hydrogen) atoms. The maximum Gasteiger partial charge on any atom is 0.241 e. The Morgan fingerprint density at radius 3 is 2.85 bits per heavy atom. The lowest BCUT2D eigenvalue weighted by Gasteiger charge is -2.19. The Morgan fingerprint density at radius 2 is 2.15 bits per heavy atom. The highest BCUT2D eigenvalue weighted by atomic mass is 16.2. The van der Waals surface area contributed by atoms with E-state index in [1.54, 1.807) is 0 Å². The molecule has 0 spiro atoms. The average molecular weight is 273 g/mol. The molecule has 0 bridgehead atoms. The second-order valence-electron chi connectivity index (χ2n) is 5.93. The number of rotatable bonds is 3. The Hall–Kier alpha value is -1.55. The molecule has 2 atom stereocenters. The molecule has 1 amide bonds. The van der Waals surface area contributed by atoms with E-state index in [1.807, 2.05) is 12.1 Å². The molecule has 2 aliphatic heterocycles. The standard InChI is InChI=1S/C16H23N3O/c1-12-7-8-17-15(12)16(20)18-13-5-4-6-14(11-13)19-9-2-3-10-19/h4-6,11-12,15,17H,2-3,7-10H2,1H3,(H,18,20). The first kappa shape index (κ1) is 13.4. The molecular weight excluding hydrogens is 250 g/mol. The van der Waals surface area contributed by atoms with E-state index in [0.29, 0.717) is 5.92 Å². The maximum absolute atomic E-state index is 12.3. The van der Waals surface area contributed by atoms with Gasteiger partial charge in [-0.1, -0.05) is 13.0 Å². The highest BCUT2D eigenvalue weighted by Crippen LogP contribution is 2.24. The summed E-state index contributed by atoms with van der Waals surface area (Å²) in [4.78, 5) is 14.7. The van der Waals surface area contributed by atoms with Crippen LogP contribution < -0.4 is 15.5 Å². The second kappa shape index (κ2) is 5.83. The lowest BCUT2D eigenvalue weighted by atomic mass is 10.0. The summed E-state index contributed by atoms with van der Waals surface area (Å²) in [7, 11) is 0. The van der Waals surface area contributed by atoms with Crippen LogP contribution >= 0.6 is 0 Å². The van der Waals surface area contributed by atoms with Crippen molar-refractivity contribution in [3.8, 4) is 0 Å². The van der Waals surface area contributed by atoms with Gasteiger partial charge in [0.1, 0.15) is 0 Å². The van der Waals surface area contributed by atoms with E-state index in [0.717, 1.165) is 31.7 Å². The van der Waals surface area contributed by atoms with Gasteiger partial charge in [0.2, 0.25) is 5.91 Å². The second-order valence-corrected chi connectivity index (χ2v) is 5.93. The van der Waals surface area contributed by atoms with Gasteiger partial charge in [0.15, 0.2) is 0 Å². The number of carbonyl (C=O) groups is 1. The number of hydrogen-bond acceptors (Lipinski definition) is 3. The van der Waals surface area contributed by atoms with Crippen LogP contribution in [0.2, 0.25) is 0 Å². The minimum Gasteiger partial charge on any atom is -0.371 e. The van der Waals surface area contributed by atoms with Crippen molar-refractivity contribution in [2.75, 3.05) is 29.9 Å². The topological polar surface area (TPSA) is 44.4 Å². The van der Waals surface area contributed by atoms with Gasteiger partial charge in [-0.2, -0.15) is 0 Å². The highest BCUT2D eigenvalue weighted by molar-refractivity contribution is 5.95. The third kappa shape index (κ3) is 2.80. The molecule has 3 rings (SSSR count). The zero-order valence-electron chi connectivity index (χ0n) is 12.1. The Labute approximate surface area is 120 Å². The SMILES string of the molecule is CC1CCNC1C(=O)Nc1cccc(N2CCCC2)c1. The zero-order valence-corrected chi connectivity index (χ0v) is 12.1. The van der Waals surface area contributed by atoms with Crippen molar-refractivity contribution >= 4 is 17.3 Å². The van der Waals surface area contributed by atoms with Gasteiger partial charge >= 0.3 is 0 Å². The van der Waals surface area contributed by atoms with E-state index in [4.69, 9.17) is 0 Å². The molecule has 0 saturated carbocycles. The minimum atomic E-state index is -0.0505. The summed E-state index contributed by atoms with van der Waals surface area (Å²) in [6, 6.07) is 8.15. The number of anilines is 2. The molecule has 4 nitrogen and oxygen atoms in total. The van der Waals surface area contributed by atoms with Crippen molar-refractivity contribution in [2.45, 2.75) is 32.2 Å². The first-order valence-corrected chi connectivity index (χ1v) is 7.63. The molecule has 2 fully saturated rings. The molecule has 0 radical (unpaired) electrons. The first-order chi connectivity index (χ1) is 9.74. The van der Waals surface area contributed by atoms with Crippen molar-refractivity contribution in [1.29, 1.82) is 0 Å². The summed E-state index contributed by atoms with van der Waals surface area (Å²) in [6.07, 6.45) is 3.60. The van der Waals surface area contributed by atoms with Crippen LogP contribution in [0.25, 0.3) is 0 Å². The molecule has 2 unspecified atom stereocenters. The summed E-state index contributed by atoms with van der Waals surface area (Å²) in [5.41, 5.74) is 2.12. The van der Waals surface area contributed by atoms with Crippen LogP contribution in [0.3, 0.4) is 0 Å². The highest BCUT2D eigenvalue weighted by Gasteiger charge is 2.29. The normalized spacial score (nSPS) is 25.9. The molecule has 0 aliphatic carbocycles. The van der Waals surface area contributed by atoms with E-state index in [-0.39, 0.29) is 11.9 Å². The van der Waals surface area contributed by atoms with Crippen LogP contribution in [0.1, 0.15) is 26.2 Å². The fourth-order valence-electron chi connectivity index (χ4n) is 3.16. The van der Waals surface area contributed by atoms with Crippen molar-refractivity contribution in [3.63, 3.8) is 0 Å². The zero-order chi connectivity index (χ0) is 13.9. The van der Waals surface area contributed by atoms with Gasteiger partial charge in [0, 0.05) is 24.5 Å². The third-order valence-electron chi connectivity index (χ3n) is 4.40. The Kier molecular flexibility index (Phi) is 3.92. The summed E-state index contributed by atoms with van der Waals surface area (Å²) < 4.78 is 0. The van der Waals surface area contributed by atoms with Gasteiger partial charge in [0.05, 0.1) is 6.04 Å². The lowest BCUT2D eigenvalue weighted by molar-refractivity contribution is -0.118. The van der Waals surface area contributed by atoms with Crippen LogP contribution in [-0.4, -0.2) is 31.6 Å². The van der Waals surface area contributed by atoms with Gasteiger partial charge in [0.25, 0.3) is 0 Å². The van der Waals surface area contributed by atoms with Crippen LogP contribution in [0.5, 0.6) is 0 Å². The van der Waals surface area contributed by atoms with E-state index in [9.17, 15) is 4.79 Å². The molecular formula is C16H23N3O. The summed E-state index contributed by atoms with van der Waals surface area (Å²) in [6.45, 7) is 5.31. The minimum absolute atomic E-state index is 0.0505. The smallest absolute Gasteiger partial charge is 0.241 e. The lowest BCUT2D eigenvalue weighted by Crippen LogP contribution is -2.39. The number of amides is 1. The van der Waals surface area contributed by atoms with Gasteiger partial charge in [-0.05, 0) is 49.9 Å². The summed E-state index contributed by atoms with van der Waals surface area (Å²) in [5, 5.41) is 6.32. The molecule has 2 aliphatic rings. The molecule has 0 aromatic heterocycles. The van der Waals surface area contributed by atoms with Crippen LogP contribution in [-0.2, 0) is 4.79 Å². The number of hydrogen-bond donors (Lipinski definition) is 2. The molecule has 2 N–H and O–H groups in total. The number of carbonyl (C=O) groups excluding carboxylic acids is 1. The molecule has 4 heteroatoms. The van der Waals surface area contributed by atoms with Crippen LogP contribution in [0.15, 0.2) is 24.3 Å². The van der Waals surface area contributed by atoms with Gasteiger partial charge in [-0.15, -0.1) is 0 Å². The maximum atomic E-state index is 12.3. The van der Waals surface area contributed by atoms with E-state index in [2.05, 4.69) is 34.6 Å². The predicted octanol–water partition coefficient (Wildman–Crippen LogP) is 2.22. The quantitative estimate of drug-likeness (QED) is 0.887. The molecule has 108 valence electrons. The van der Waals surface area contributed by atoms with Crippen LogP contribution in [0.4, 0.5) is 11.4 Å². The number of nitrogens with zero attached hydrogens (tertiary/aromatic N) is 1.